The van der Waals surface area contributed by atoms with Crippen LogP contribution in [0.4, 0.5) is 5.69 Å². The molecule has 0 unspecified atom stereocenters. The van der Waals surface area contributed by atoms with E-state index in [1.54, 1.807) is 36.4 Å². The first-order chi connectivity index (χ1) is 15.2. The first-order valence-electron chi connectivity index (χ1n) is 9.77. The number of hydrogen-bond acceptors (Lipinski definition) is 3. The summed E-state index contributed by atoms with van der Waals surface area (Å²) in [5.74, 6) is -0.458. The Morgan fingerprint density at radius 3 is 2.25 bits per heavy atom. The molecule has 0 spiro atoms. The van der Waals surface area contributed by atoms with Gasteiger partial charge >= 0.3 is 0 Å². The summed E-state index contributed by atoms with van der Waals surface area (Å²) in [6.07, 6.45) is 0.884. The van der Waals surface area contributed by atoms with Crippen LogP contribution in [0.2, 0.25) is 10.0 Å². The summed E-state index contributed by atoms with van der Waals surface area (Å²) in [5.41, 5.74) is 2.27. The zero-order valence-electron chi connectivity index (χ0n) is 17.2. The van der Waals surface area contributed by atoms with Crippen LogP contribution >= 0.6 is 39.1 Å². The molecule has 0 fully saturated rings. The van der Waals surface area contributed by atoms with Gasteiger partial charge in [-0.25, -0.2) is 8.42 Å². The predicted molar refractivity (Wildman–Crippen MR) is 133 cm³/mol. The normalized spacial score (nSPS) is 11.5. The average Bonchev–Trinajstić information content (AvgIpc) is 2.75. The van der Waals surface area contributed by atoms with Gasteiger partial charge in [0.05, 0.1) is 11.4 Å². The molecule has 9 heteroatoms. The summed E-state index contributed by atoms with van der Waals surface area (Å²) in [6, 6.07) is 18.5. The largest absolute Gasteiger partial charge is 0.325 e. The van der Waals surface area contributed by atoms with Gasteiger partial charge in [0, 0.05) is 26.8 Å². The summed E-state index contributed by atoms with van der Waals surface area (Å²) in [4.78, 5) is 12.8. The number of carbonyl (C=O) groups excluding carboxylic acids is 1. The van der Waals surface area contributed by atoms with E-state index in [2.05, 4.69) is 21.2 Å². The van der Waals surface area contributed by atoms with Crippen LogP contribution in [0.1, 0.15) is 18.1 Å². The van der Waals surface area contributed by atoms with Crippen LogP contribution in [-0.2, 0) is 27.8 Å². The molecule has 0 saturated carbocycles. The Morgan fingerprint density at radius 2 is 1.66 bits per heavy atom. The number of rotatable bonds is 8. The van der Waals surface area contributed by atoms with Gasteiger partial charge in [-0.2, -0.15) is 4.31 Å². The lowest BCUT2D eigenvalue weighted by molar-refractivity contribution is -0.116. The van der Waals surface area contributed by atoms with Crippen molar-refractivity contribution in [1.82, 2.24) is 4.31 Å². The van der Waals surface area contributed by atoms with Gasteiger partial charge in [-0.05, 0) is 66.1 Å². The number of aryl methyl sites for hydroxylation is 1. The topological polar surface area (TPSA) is 66.5 Å². The second kappa shape index (κ2) is 10.8. The summed E-state index contributed by atoms with van der Waals surface area (Å²) < 4.78 is 28.6. The third-order valence-corrected chi connectivity index (χ3v) is 7.70. The molecule has 5 nitrogen and oxygen atoms in total. The van der Waals surface area contributed by atoms with Crippen molar-refractivity contribution in [3.63, 3.8) is 0 Å². The van der Waals surface area contributed by atoms with Crippen molar-refractivity contribution in [2.45, 2.75) is 24.8 Å². The summed E-state index contributed by atoms with van der Waals surface area (Å²) >= 11 is 15.5. The van der Waals surface area contributed by atoms with Gasteiger partial charge in [0.1, 0.15) is 0 Å². The van der Waals surface area contributed by atoms with E-state index in [-0.39, 0.29) is 18.0 Å². The van der Waals surface area contributed by atoms with Gasteiger partial charge in [-0.1, -0.05) is 64.3 Å². The van der Waals surface area contributed by atoms with Crippen molar-refractivity contribution in [2.75, 3.05) is 11.9 Å². The molecule has 0 aromatic heterocycles. The van der Waals surface area contributed by atoms with Crippen LogP contribution in [0.3, 0.4) is 0 Å². The number of carbonyl (C=O) groups is 1. The van der Waals surface area contributed by atoms with Crippen molar-refractivity contribution in [3.8, 4) is 0 Å². The maximum atomic E-state index is 13.4. The number of nitrogens with one attached hydrogen (secondary N) is 1. The standard InChI is InChI=1S/C23H21BrCl2N2O3S/c1-2-16-3-9-20(10-4-16)27-23(29)15-28(14-17-5-8-19(25)13-22(17)26)32(30,31)21-11-6-18(24)7-12-21/h3-13H,2,14-15H2,1H3,(H,27,29). The SMILES string of the molecule is CCc1ccc(NC(=O)CN(Cc2ccc(Cl)cc2Cl)S(=O)(=O)c2ccc(Br)cc2)cc1. The molecule has 0 atom stereocenters. The van der Waals surface area contributed by atoms with E-state index in [1.165, 1.54) is 18.2 Å². The molecule has 3 aromatic carbocycles. The number of nitrogens with zero attached hydrogens (tertiary/aromatic N) is 1. The summed E-state index contributed by atoms with van der Waals surface area (Å²) in [6.45, 7) is 1.57. The first-order valence-corrected chi connectivity index (χ1v) is 12.8. The Hall–Kier alpha value is -1.90. The van der Waals surface area contributed by atoms with Gasteiger partial charge in [-0.15, -0.1) is 0 Å². The lowest BCUT2D eigenvalue weighted by Gasteiger charge is -2.22. The van der Waals surface area contributed by atoms with Crippen LogP contribution in [-0.4, -0.2) is 25.2 Å². The predicted octanol–water partition coefficient (Wildman–Crippen LogP) is 6.15. The third kappa shape index (κ3) is 6.33. The monoisotopic (exact) mass is 554 g/mol. The highest BCUT2D eigenvalue weighted by atomic mass is 79.9. The third-order valence-electron chi connectivity index (χ3n) is 4.78. The minimum absolute atomic E-state index is 0.0749. The van der Waals surface area contributed by atoms with Crippen molar-refractivity contribution < 1.29 is 13.2 Å². The molecule has 168 valence electrons. The van der Waals surface area contributed by atoms with Gasteiger partial charge < -0.3 is 5.32 Å². The Bertz CT molecular complexity index is 1200. The van der Waals surface area contributed by atoms with E-state index in [0.29, 0.717) is 21.3 Å². The fourth-order valence-corrected chi connectivity index (χ4v) is 5.11. The van der Waals surface area contributed by atoms with Gasteiger partial charge in [-0.3, -0.25) is 4.79 Å². The molecule has 1 amide bonds. The average molecular weight is 556 g/mol. The number of benzene rings is 3. The first kappa shape index (κ1) is 24.7. The molecule has 0 aliphatic heterocycles. The van der Waals surface area contributed by atoms with E-state index in [9.17, 15) is 13.2 Å². The maximum absolute atomic E-state index is 13.4. The molecular weight excluding hydrogens is 535 g/mol. The van der Waals surface area contributed by atoms with Crippen molar-refractivity contribution >= 4 is 60.7 Å². The number of hydrogen-bond donors (Lipinski definition) is 1. The second-order valence-corrected chi connectivity index (χ2v) is 10.8. The van der Waals surface area contributed by atoms with Crippen LogP contribution < -0.4 is 5.32 Å². The molecule has 1 N–H and O–H groups in total. The van der Waals surface area contributed by atoms with Gasteiger partial charge in [0.15, 0.2) is 0 Å². The highest BCUT2D eigenvalue weighted by molar-refractivity contribution is 9.10. The maximum Gasteiger partial charge on any atom is 0.243 e. The zero-order valence-corrected chi connectivity index (χ0v) is 21.1. The van der Waals surface area contributed by atoms with Crippen LogP contribution in [0.25, 0.3) is 0 Å². The molecule has 0 aliphatic carbocycles. The quantitative estimate of drug-likeness (QED) is 0.362. The Kier molecular flexibility index (Phi) is 8.36. The Labute approximate surface area is 206 Å². The number of anilines is 1. The second-order valence-electron chi connectivity index (χ2n) is 7.06. The molecule has 0 saturated heterocycles. The minimum Gasteiger partial charge on any atom is -0.325 e. The van der Waals surface area contributed by atoms with Crippen LogP contribution in [0.15, 0.2) is 76.1 Å². The molecule has 3 rings (SSSR count). The van der Waals surface area contributed by atoms with E-state index in [0.717, 1.165) is 20.8 Å². The summed E-state index contributed by atoms with van der Waals surface area (Å²) in [7, 11) is -3.98. The number of sulfonamides is 1. The number of halogens is 3. The minimum atomic E-state index is -3.98. The van der Waals surface area contributed by atoms with Crippen molar-refractivity contribution in [2.24, 2.45) is 0 Å². The molecule has 32 heavy (non-hydrogen) atoms. The lowest BCUT2D eigenvalue weighted by atomic mass is 10.1. The van der Waals surface area contributed by atoms with Crippen LogP contribution in [0.5, 0.6) is 0 Å². The van der Waals surface area contributed by atoms with E-state index in [4.69, 9.17) is 23.2 Å². The Morgan fingerprint density at radius 1 is 1.00 bits per heavy atom. The molecule has 0 bridgehead atoms. The Balaban J connectivity index is 1.88. The van der Waals surface area contributed by atoms with Gasteiger partial charge in [0.25, 0.3) is 0 Å². The lowest BCUT2D eigenvalue weighted by Crippen LogP contribution is -2.37. The highest BCUT2D eigenvalue weighted by Gasteiger charge is 2.27. The molecule has 0 radical (unpaired) electrons. The van der Waals surface area contributed by atoms with E-state index in [1.807, 2.05) is 19.1 Å². The van der Waals surface area contributed by atoms with Crippen molar-refractivity contribution in [3.05, 3.63) is 92.4 Å². The highest BCUT2D eigenvalue weighted by Crippen LogP contribution is 2.26. The van der Waals surface area contributed by atoms with Crippen molar-refractivity contribution in [1.29, 1.82) is 0 Å². The smallest absolute Gasteiger partial charge is 0.243 e. The molecular formula is C23H21BrCl2N2O3S. The molecule has 0 heterocycles. The number of amides is 1. The van der Waals surface area contributed by atoms with Gasteiger partial charge in [0.2, 0.25) is 15.9 Å². The van der Waals surface area contributed by atoms with E-state index < -0.39 is 15.9 Å². The van der Waals surface area contributed by atoms with Crippen LogP contribution in [0, 0.1) is 0 Å². The summed E-state index contributed by atoms with van der Waals surface area (Å²) in [5, 5.41) is 3.52. The molecule has 0 aliphatic rings. The van der Waals surface area contributed by atoms with E-state index >= 15 is 0 Å². The molecule has 3 aromatic rings. The zero-order chi connectivity index (χ0) is 23.3. The fourth-order valence-electron chi connectivity index (χ4n) is 3.01. The fraction of sp³-hybridized carbons (Fsp3) is 0.174.